The van der Waals surface area contributed by atoms with E-state index in [-0.39, 0.29) is 13.2 Å². The highest BCUT2D eigenvalue weighted by molar-refractivity contribution is 5.93. The number of nitrogens with two attached hydrogens (primary N) is 1. The fraction of sp³-hybridized carbons (Fsp3) is 0.333. The third-order valence-corrected chi connectivity index (χ3v) is 0.770. The van der Waals surface area contributed by atoms with E-state index in [9.17, 15) is 9.59 Å². The summed E-state index contributed by atoms with van der Waals surface area (Å²) in [6, 6.07) is 0. The van der Waals surface area contributed by atoms with Crippen molar-refractivity contribution in [3.05, 3.63) is 12.2 Å². The van der Waals surface area contributed by atoms with E-state index >= 15 is 0 Å². The first kappa shape index (κ1) is 10.6. The lowest BCUT2D eigenvalue weighted by molar-refractivity contribution is -0.132. The van der Waals surface area contributed by atoms with Crippen LogP contribution in [0.3, 0.4) is 0 Å². The fourth-order valence-corrected chi connectivity index (χ4v) is 0.362. The number of hydroxylamine groups is 1. The lowest BCUT2D eigenvalue weighted by Gasteiger charge is -1.99. The molecule has 0 radical (unpaired) electrons. The summed E-state index contributed by atoms with van der Waals surface area (Å²) in [5, 5.41) is 8.11. The first-order valence-corrected chi connectivity index (χ1v) is 3.19. The van der Waals surface area contributed by atoms with Gasteiger partial charge in [0.25, 0.3) is 5.91 Å². The zero-order valence-corrected chi connectivity index (χ0v) is 6.32. The van der Waals surface area contributed by atoms with Gasteiger partial charge >= 0.3 is 5.97 Å². The van der Waals surface area contributed by atoms with Crippen LogP contribution >= 0.6 is 0 Å². The Morgan fingerprint density at radius 2 is 2.17 bits per heavy atom. The summed E-state index contributed by atoms with van der Waals surface area (Å²) in [6.45, 7) is 0.468. The number of nitrogens with one attached hydrogen (secondary N) is 1. The van der Waals surface area contributed by atoms with Crippen LogP contribution < -0.4 is 11.2 Å². The van der Waals surface area contributed by atoms with E-state index in [4.69, 9.17) is 10.8 Å². The molecule has 0 atom stereocenters. The molecule has 12 heavy (non-hydrogen) atoms. The predicted octanol–water partition coefficient (Wildman–Crippen LogP) is -1.37. The molecular weight excluding hydrogens is 164 g/mol. The summed E-state index contributed by atoms with van der Waals surface area (Å²) < 4.78 is 0. The van der Waals surface area contributed by atoms with Gasteiger partial charge in [0.05, 0.1) is 6.61 Å². The lowest BCUT2D eigenvalue weighted by atomic mass is 10.5. The van der Waals surface area contributed by atoms with Crippen molar-refractivity contribution in [1.82, 2.24) is 5.48 Å². The van der Waals surface area contributed by atoms with E-state index in [1.807, 2.05) is 5.48 Å². The van der Waals surface area contributed by atoms with Gasteiger partial charge in [-0.05, 0) is 0 Å². The van der Waals surface area contributed by atoms with Crippen LogP contribution in [0, 0.1) is 0 Å². The van der Waals surface area contributed by atoms with Crippen LogP contribution in [0.25, 0.3) is 0 Å². The zero-order valence-electron chi connectivity index (χ0n) is 6.32. The summed E-state index contributed by atoms with van der Waals surface area (Å²) in [5.74, 6) is -1.82. The Balaban J connectivity index is 3.53. The fourth-order valence-electron chi connectivity index (χ4n) is 0.362. The molecule has 0 bridgehead atoms. The van der Waals surface area contributed by atoms with Crippen molar-refractivity contribution in [3.8, 4) is 0 Å². The molecule has 0 saturated heterocycles. The Morgan fingerprint density at radius 3 is 2.67 bits per heavy atom. The number of aliphatic carboxylic acids is 1. The molecule has 0 aliphatic heterocycles. The third-order valence-electron chi connectivity index (χ3n) is 0.770. The molecule has 1 amide bonds. The lowest BCUT2D eigenvalue weighted by Crippen LogP contribution is -2.24. The minimum Gasteiger partial charge on any atom is -0.478 e. The molecule has 0 aromatic rings. The summed E-state index contributed by atoms with van der Waals surface area (Å²) in [5.41, 5.74) is 7.02. The van der Waals surface area contributed by atoms with Gasteiger partial charge in [0.2, 0.25) is 0 Å². The molecule has 0 aliphatic rings. The molecule has 6 nitrogen and oxygen atoms in total. The van der Waals surface area contributed by atoms with Crippen molar-refractivity contribution < 1.29 is 19.5 Å². The van der Waals surface area contributed by atoms with Crippen molar-refractivity contribution in [1.29, 1.82) is 0 Å². The van der Waals surface area contributed by atoms with Crippen molar-refractivity contribution in [2.24, 2.45) is 5.73 Å². The molecule has 0 unspecified atom stereocenters. The van der Waals surface area contributed by atoms with E-state index < -0.39 is 11.9 Å². The summed E-state index contributed by atoms with van der Waals surface area (Å²) in [6.07, 6.45) is 1.56. The smallest absolute Gasteiger partial charge is 0.328 e. The Labute approximate surface area is 68.9 Å². The number of rotatable bonds is 5. The van der Waals surface area contributed by atoms with Gasteiger partial charge < -0.3 is 10.8 Å². The number of carboxylic acid groups (broad SMARTS) is 1. The van der Waals surface area contributed by atoms with E-state index in [1.165, 1.54) is 0 Å². The third kappa shape index (κ3) is 6.72. The van der Waals surface area contributed by atoms with Crippen LogP contribution in [0.4, 0.5) is 0 Å². The monoisotopic (exact) mass is 174 g/mol. The number of carbonyl (C=O) groups excluding carboxylic acids is 1. The zero-order chi connectivity index (χ0) is 9.40. The number of carboxylic acids is 1. The van der Waals surface area contributed by atoms with E-state index in [1.54, 1.807) is 0 Å². The molecule has 0 rings (SSSR count). The van der Waals surface area contributed by atoms with Gasteiger partial charge in [-0.2, -0.15) is 0 Å². The topological polar surface area (TPSA) is 102 Å². The van der Waals surface area contributed by atoms with E-state index in [2.05, 4.69) is 4.84 Å². The predicted molar refractivity (Wildman–Crippen MR) is 39.9 cm³/mol. The SMILES string of the molecule is NCCONC(=O)/C=C\C(=O)O. The van der Waals surface area contributed by atoms with Gasteiger partial charge in [-0.25, -0.2) is 10.3 Å². The first-order valence-electron chi connectivity index (χ1n) is 3.19. The maximum absolute atomic E-state index is 10.6. The summed E-state index contributed by atoms with van der Waals surface area (Å²) in [4.78, 5) is 25.0. The summed E-state index contributed by atoms with van der Waals surface area (Å²) >= 11 is 0. The average Bonchev–Trinajstić information content (AvgIpc) is 2.01. The average molecular weight is 174 g/mol. The van der Waals surface area contributed by atoms with E-state index in [0.29, 0.717) is 6.08 Å². The Hall–Kier alpha value is -1.40. The largest absolute Gasteiger partial charge is 0.478 e. The van der Waals surface area contributed by atoms with Gasteiger partial charge in [-0.3, -0.25) is 9.63 Å². The highest BCUT2D eigenvalue weighted by Crippen LogP contribution is 1.74. The van der Waals surface area contributed by atoms with Gasteiger partial charge in [0.1, 0.15) is 0 Å². The number of carbonyl (C=O) groups is 2. The molecule has 0 heterocycles. The van der Waals surface area contributed by atoms with Crippen molar-refractivity contribution in [2.75, 3.05) is 13.2 Å². The molecule has 0 aliphatic carbocycles. The van der Waals surface area contributed by atoms with Gasteiger partial charge in [0, 0.05) is 18.7 Å². The highest BCUT2D eigenvalue weighted by atomic mass is 16.6. The standard InChI is InChI=1S/C6H10N2O4/c7-3-4-12-8-5(9)1-2-6(10)11/h1-2H,3-4,7H2,(H,8,9)(H,10,11)/b2-1-. The maximum Gasteiger partial charge on any atom is 0.328 e. The Morgan fingerprint density at radius 1 is 1.50 bits per heavy atom. The van der Waals surface area contributed by atoms with Crippen molar-refractivity contribution >= 4 is 11.9 Å². The molecule has 68 valence electrons. The molecule has 6 heteroatoms. The van der Waals surface area contributed by atoms with Gasteiger partial charge in [-0.15, -0.1) is 0 Å². The Bertz CT molecular complexity index is 190. The second-order valence-corrected chi connectivity index (χ2v) is 1.78. The van der Waals surface area contributed by atoms with Crippen LogP contribution in [0.2, 0.25) is 0 Å². The van der Waals surface area contributed by atoms with Gasteiger partial charge in [-0.1, -0.05) is 0 Å². The van der Waals surface area contributed by atoms with Crippen LogP contribution in [0.1, 0.15) is 0 Å². The summed E-state index contributed by atoms with van der Waals surface area (Å²) in [7, 11) is 0. The number of amides is 1. The van der Waals surface area contributed by atoms with Crippen LogP contribution in [0.5, 0.6) is 0 Å². The minimum absolute atomic E-state index is 0.187. The van der Waals surface area contributed by atoms with Crippen LogP contribution in [-0.4, -0.2) is 30.1 Å². The van der Waals surface area contributed by atoms with Crippen molar-refractivity contribution in [2.45, 2.75) is 0 Å². The van der Waals surface area contributed by atoms with Crippen LogP contribution in [0.15, 0.2) is 12.2 Å². The Kier molecular flexibility index (Phi) is 5.58. The quantitative estimate of drug-likeness (QED) is 0.271. The van der Waals surface area contributed by atoms with Crippen LogP contribution in [-0.2, 0) is 14.4 Å². The molecule has 0 aromatic heterocycles. The van der Waals surface area contributed by atoms with Crippen molar-refractivity contribution in [3.63, 3.8) is 0 Å². The minimum atomic E-state index is -1.19. The molecule has 0 saturated carbocycles. The number of hydrogen-bond acceptors (Lipinski definition) is 4. The molecule has 0 spiro atoms. The second-order valence-electron chi connectivity index (χ2n) is 1.78. The van der Waals surface area contributed by atoms with Gasteiger partial charge in [0.15, 0.2) is 0 Å². The molecular formula is C6H10N2O4. The number of hydrogen-bond donors (Lipinski definition) is 3. The highest BCUT2D eigenvalue weighted by Gasteiger charge is 1.94. The maximum atomic E-state index is 10.6. The molecule has 0 aromatic carbocycles. The van der Waals surface area contributed by atoms with E-state index in [0.717, 1.165) is 6.08 Å². The second kappa shape index (κ2) is 6.32. The molecule has 4 N–H and O–H groups in total. The normalized spacial score (nSPS) is 10.1. The molecule has 0 fully saturated rings. The first-order chi connectivity index (χ1) is 5.66.